The van der Waals surface area contributed by atoms with Gasteiger partial charge in [0.25, 0.3) is 0 Å². The third kappa shape index (κ3) is 7.79. The number of rotatable bonds is 11. The van der Waals surface area contributed by atoms with E-state index in [4.69, 9.17) is 0 Å². The number of benzene rings is 3. The van der Waals surface area contributed by atoms with Gasteiger partial charge in [-0.3, -0.25) is 9.59 Å². The van der Waals surface area contributed by atoms with E-state index in [-0.39, 0.29) is 11.8 Å². The van der Waals surface area contributed by atoms with Crippen molar-refractivity contribution in [3.63, 3.8) is 0 Å². The number of hydrogen-bond donors (Lipinski definition) is 1. The minimum absolute atomic E-state index is 0.0249. The molecule has 0 radical (unpaired) electrons. The Morgan fingerprint density at radius 1 is 0.848 bits per heavy atom. The average Bonchev–Trinajstić information content (AvgIpc) is 2.84. The number of carbonyl (C=O) groups excluding carboxylic acids is 2. The SMILES string of the molecule is CCNC(=O)[C@H](Cc1ccccc1)N(Cc1ccccc1)C(=O)CSCc1ccc(C)cc1. The summed E-state index contributed by atoms with van der Waals surface area (Å²) in [4.78, 5) is 28.3. The summed E-state index contributed by atoms with van der Waals surface area (Å²) in [5.41, 5.74) is 4.46. The first-order valence-corrected chi connectivity index (χ1v) is 12.5. The third-order valence-corrected chi connectivity index (χ3v) is 6.42. The Morgan fingerprint density at radius 2 is 1.45 bits per heavy atom. The topological polar surface area (TPSA) is 49.4 Å². The molecule has 0 heterocycles. The minimum atomic E-state index is -0.569. The molecule has 172 valence electrons. The van der Waals surface area contributed by atoms with Crippen molar-refractivity contribution in [3.05, 3.63) is 107 Å². The second-order valence-corrected chi connectivity index (χ2v) is 9.07. The van der Waals surface area contributed by atoms with Crippen molar-refractivity contribution in [2.24, 2.45) is 0 Å². The Hall–Kier alpha value is -3.05. The number of amides is 2. The fourth-order valence-electron chi connectivity index (χ4n) is 3.65. The molecule has 3 aromatic rings. The first-order valence-electron chi connectivity index (χ1n) is 11.3. The third-order valence-electron chi connectivity index (χ3n) is 5.43. The fourth-order valence-corrected chi connectivity index (χ4v) is 4.52. The van der Waals surface area contributed by atoms with Crippen LogP contribution in [0.5, 0.6) is 0 Å². The summed E-state index contributed by atoms with van der Waals surface area (Å²) in [6.07, 6.45) is 0.480. The second-order valence-electron chi connectivity index (χ2n) is 8.09. The number of aryl methyl sites for hydroxylation is 1. The van der Waals surface area contributed by atoms with E-state index in [1.807, 2.05) is 67.6 Å². The number of likely N-dealkylation sites (N-methyl/N-ethyl adjacent to an activating group) is 1. The van der Waals surface area contributed by atoms with Gasteiger partial charge in [0.2, 0.25) is 11.8 Å². The Balaban J connectivity index is 1.79. The maximum atomic E-state index is 13.5. The molecule has 0 saturated heterocycles. The minimum Gasteiger partial charge on any atom is -0.355 e. The van der Waals surface area contributed by atoms with E-state index in [2.05, 4.69) is 36.5 Å². The number of hydrogen-bond acceptors (Lipinski definition) is 3. The summed E-state index contributed by atoms with van der Waals surface area (Å²) >= 11 is 1.59. The van der Waals surface area contributed by atoms with Gasteiger partial charge in [0.05, 0.1) is 5.75 Å². The van der Waals surface area contributed by atoms with Crippen molar-refractivity contribution in [3.8, 4) is 0 Å². The molecule has 2 amide bonds. The van der Waals surface area contributed by atoms with Crippen LogP contribution in [0.3, 0.4) is 0 Å². The van der Waals surface area contributed by atoms with Crippen LogP contribution in [-0.4, -0.2) is 35.1 Å². The molecule has 1 N–H and O–H groups in total. The van der Waals surface area contributed by atoms with E-state index in [0.29, 0.717) is 25.3 Å². The van der Waals surface area contributed by atoms with Gasteiger partial charge in [-0.05, 0) is 30.5 Å². The first-order chi connectivity index (χ1) is 16.1. The van der Waals surface area contributed by atoms with E-state index in [1.165, 1.54) is 11.1 Å². The van der Waals surface area contributed by atoms with E-state index in [0.717, 1.165) is 16.9 Å². The highest BCUT2D eigenvalue weighted by Gasteiger charge is 2.29. The van der Waals surface area contributed by atoms with Crippen LogP contribution in [0.4, 0.5) is 0 Å². The number of nitrogens with one attached hydrogen (secondary N) is 1. The van der Waals surface area contributed by atoms with Crippen molar-refractivity contribution in [2.45, 2.75) is 38.6 Å². The van der Waals surface area contributed by atoms with Crippen LogP contribution in [0.2, 0.25) is 0 Å². The standard InChI is InChI=1S/C28H32N2O2S/c1-3-29-28(32)26(18-23-10-6-4-7-11-23)30(19-24-12-8-5-9-13-24)27(31)21-33-20-25-16-14-22(2)15-17-25/h4-17,26H,3,18-21H2,1-2H3,(H,29,32)/t26-/m0/s1. The van der Waals surface area contributed by atoms with Gasteiger partial charge in [0.15, 0.2) is 0 Å². The van der Waals surface area contributed by atoms with Crippen LogP contribution in [0, 0.1) is 6.92 Å². The van der Waals surface area contributed by atoms with E-state index in [1.54, 1.807) is 16.7 Å². The van der Waals surface area contributed by atoms with Gasteiger partial charge in [-0.2, -0.15) is 0 Å². The molecule has 4 nitrogen and oxygen atoms in total. The quantitative estimate of drug-likeness (QED) is 0.438. The van der Waals surface area contributed by atoms with Gasteiger partial charge in [0.1, 0.15) is 6.04 Å². The van der Waals surface area contributed by atoms with Crippen LogP contribution in [0.25, 0.3) is 0 Å². The second kappa shape index (κ2) is 12.9. The molecule has 0 spiro atoms. The van der Waals surface area contributed by atoms with Crippen LogP contribution >= 0.6 is 11.8 Å². The fraction of sp³-hybridized carbons (Fsp3) is 0.286. The molecule has 5 heteroatoms. The largest absolute Gasteiger partial charge is 0.355 e. The van der Waals surface area contributed by atoms with Crippen LogP contribution in [-0.2, 0) is 28.3 Å². The van der Waals surface area contributed by atoms with Crippen molar-refractivity contribution < 1.29 is 9.59 Å². The molecule has 0 saturated carbocycles. The van der Waals surface area contributed by atoms with Crippen LogP contribution in [0.15, 0.2) is 84.9 Å². The van der Waals surface area contributed by atoms with Crippen molar-refractivity contribution in [1.29, 1.82) is 0 Å². The Kier molecular flexibility index (Phi) is 9.58. The van der Waals surface area contributed by atoms with E-state index >= 15 is 0 Å². The molecule has 1 atom stereocenters. The van der Waals surface area contributed by atoms with Gasteiger partial charge >= 0.3 is 0 Å². The van der Waals surface area contributed by atoms with Gasteiger partial charge < -0.3 is 10.2 Å². The van der Waals surface area contributed by atoms with Crippen LogP contribution in [0.1, 0.15) is 29.2 Å². The normalized spacial score (nSPS) is 11.6. The maximum Gasteiger partial charge on any atom is 0.243 e. The highest BCUT2D eigenvalue weighted by Crippen LogP contribution is 2.18. The summed E-state index contributed by atoms with van der Waals surface area (Å²) in [6, 6.07) is 27.6. The van der Waals surface area contributed by atoms with Crippen molar-refractivity contribution in [1.82, 2.24) is 10.2 Å². The summed E-state index contributed by atoms with van der Waals surface area (Å²) in [5, 5.41) is 2.93. The predicted octanol–water partition coefficient (Wildman–Crippen LogP) is 5.00. The summed E-state index contributed by atoms with van der Waals surface area (Å²) in [5.74, 6) is 0.943. The lowest BCUT2D eigenvalue weighted by atomic mass is 10.0. The molecular weight excluding hydrogens is 428 g/mol. The highest BCUT2D eigenvalue weighted by molar-refractivity contribution is 7.99. The van der Waals surface area contributed by atoms with Crippen LogP contribution < -0.4 is 5.32 Å². The lowest BCUT2D eigenvalue weighted by Gasteiger charge is -2.31. The van der Waals surface area contributed by atoms with Crippen molar-refractivity contribution in [2.75, 3.05) is 12.3 Å². The molecule has 33 heavy (non-hydrogen) atoms. The lowest BCUT2D eigenvalue weighted by Crippen LogP contribution is -2.51. The Labute approximate surface area is 201 Å². The predicted molar refractivity (Wildman–Crippen MR) is 137 cm³/mol. The van der Waals surface area contributed by atoms with Gasteiger partial charge in [0, 0.05) is 25.3 Å². The molecular formula is C28H32N2O2S. The van der Waals surface area contributed by atoms with E-state index in [9.17, 15) is 9.59 Å². The molecule has 0 unspecified atom stereocenters. The maximum absolute atomic E-state index is 13.5. The van der Waals surface area contributed by atoms with Gasteiger partial charge in [-0.15, -0.1) is 11.8 Å². The smallest absolute Gasteiger partial charge is 0.243 e. The number of thioether (sulfide) groups is 1. The zero-order chi connectivity index (χ0) is 23.5. The number of carbonyl (C=O) groups is 2. The summed E-state index contributed by atoms with van der Waals surface area (Å²) in [6.45, 7) is 4.90. The zero-order valence-electron chi connectivity index (χ0n) is 19.4. The highest BCUT2D eigenvalue weighted by atomic mass is 32.2. The molecule has 0 bridgehead atoms. The molecule has 3 rings (SSSR count). The summed E-state index contributed by atoms with van der Waals surface area (Å²) in [7, 11) is 0. The zero-order valence-corrected chi connectivity index (χ0v) is 20.2. The lowest BCUT2D eigenvalue weighted by molar-refractivity contribution is -0.139. The molecule has 0 aromatic heterocycles. The van der Waals surface area contributed by atoms with Gasteiger partial charge in [-0.25, -0.2) is 0 Å². The van der Waals surface area contributed by atoms with E-state index < -0.39 is 6.04 Å². The average molecular weight is 461 g/mol. The molecule has 0 aliphatic heterocycles. The Bertz CT molecular complexity index is 1010. The molecule has 0 fully saturated rings. The first kappa shape index (κ1) is 24.6. The molecule has 3 aromatic carbocycles. The number of nitrogens with zero attached hydrogens (tertiary/aromatic N) is 1. The van der Waals surface area contributed by atoms with Gasteiger partial charge in [-0.1, -0.05) is 90.5 Å². The molecule has 0 aliphatic rings. The Morgan fingerprint density at radius 3 is 2.06 bits per heavy atom. The summed E-state index contributed by atoms with van der Waals surface area (Å²) < 4.78 is 0. The monoisotopic (exact) mass is 460 g/mol. The molecule has 0 aliphatic carbocycles. The van der Waals surface area contributed by atoms with Crippen molar-refractivity contribution >= 4 is 23.6 Å².